The second-order valence-electron chi connectivity index (χ2n) is 12.8. The van der Waals surface area contributed by atoms with Crippen LogP contribution in [0.25, 0.3) is 22.2 Å². The minimum atomic E-state index is -5.23. The molecule has 3 fully saturated rings. The van der Waals surface area contributed by atoms with Crippen LogP contribution in [0.5, 0.6) is 11.9 Å². The number of hydrogen-bond acceptors (Lipinski definition) is 10. The summed E-state index contributed by atoms with van der Waals surface area (Å²) in [6, 6.07) is -1.43. The van der Waals surface area contributed by atoms with Crippen molar-refractivity contribution in [3.8, 4) is 23.1 Å². The molecular formula is C31H33F8N7O3. The lowest BCUT2D eigenvalue weighted by Gasteiger charge is -2.42. The molecule has 10 nitrogen and oxygen atoms in total. The highest BCUT2D eigenvalue weighted by Crippen LogP contribution is 2.47. The van der Waals surface area contributed by atoms with Crippen molar-refractivity contribution >= 4 is 22.4 Å². The van der Waals surface area contributed by atoms with E-state index in [-0.39, 0.29) is 55.0 Å². The molecule has 5 atom stereocenters. The quantitative estimate of drug-likeness (QED) is 0.278. The van der Waals surface area contributed by atoms with Crippen molar-refractivity contribution in [1.29, 1.82) is 0 Å². The average Bonchev–Trinajstić information content (AvgIpc) is 3.41. The van der Waals surface area contributed by atoms with Crippen LogP contribution in [0.4, 0.5) is 46.6 Å². The Hall–Kier alpha value is -3.77. The second kappa shape index (κ2) is 12.2. The third kappa shape index (κ3) is 5.84. The van der Waals surface area contributed by atoms with Gasteiger partial charge in [0.2, 0.25) is 12.0 Å². The molecule has 6 heterocycles. The highest BCUT2D eigenvalue weighted by Gasteiger charge is 2.53. The van der Waals surface area contributed by atoms with Crippen molar-refractivity contribution < 1.29 is 49.3 Å². The molecule has 3 aromatic rings. The van der Waals surface area contributed by atoms with Gasteiger partial charge in [-0.1, -0.05) is 6.92 Å². The van der Waals surface area contributed by atoms with Crippen LogP contribution in [-0.4, -0.2) is 95.8 Å². The van der Waals surface area contributed by atoms with Crippen LogP contribution in [0.3, 0.4) is 0 Å². The highest BCUT2D eigenvalue weighted by atomic mass is 19.4. The summed E-state index contributed by atoms with van der Waals surface area (Å²) in [6.07, 6.45) is -10.6. The number of aromatic nitrogens is 3. The molecule has 0 spiro atoms. The minimum Gasteiger partial charge on any atom is -0.462 e. The van der Waals surface area contributed by atoms with E-state index in [0.29, 0.717) is 32.2 Å². The molecular weight excluding hydrogens is 670 g/mol. The number of nitrogen functional groups attached to an aromatic ring is 1. The summed E-state index contributed by atoms with van der Waals surface area (Å²) in [5.74, 6) is -3.80. The van der Waals surface area contributed by atoms with Crippen molar-refractivity contribution in [2.24, 2.45) is 0 Å². The summed E-state index contributed by atoms with van der Waals surface area (Å²) in [5.41, 5.74) is -0.348. The summed E-state index contributed by atoms with van der Waals surface area (Å²) < 4.78 is 136. The Balaban J connectivity index is 1.44. The van der Waals surface area contributed by atoms with Crippen LogP contribution in [0.15, 0.2) is 6.07 Å². The zero-order valence-electron chi connectivity index (χ0n) is 26.4. The number of pyridine rings is 1. The molecule has 49 heavy (non-hydrogen) atoms. The van der Waals surface area contributed by atoms with Crippen molar-refractivity contribution in [2.45, 2.75) is 75.7 Å². The van der Waals surface area contributed by atoms with Crippen LogP contribution in [0.1, 0.15) is 37.3 Å². The molecule has 7 rings (SSSR count). The number of benzene rings is 1. The van der Waals surface area contributed by atoms with E-state index >= 15 is 4.39 Å². The number of nitrogens with zero attached hydrogens (tertiary/aromatic N) is 5. The third-order valence-corrected chi connectivity index (χ3v) is 9.87. The fraction of sp³-hybridized carbons (Fsp3) is 0.581. The molecule has 0 aliphatic carbocycles. The zero-order chi connectivity index (χ0) is 35.0. The Morgan fingerprint density at radius 1 is 1.08 bits per heavy atom. The van der Waals surface area contributed by atoms with Gasteiger partial charge in [0.05, 0.1) is 30.5 Å². The molecule has 1 aromatic carbocycles. The van der Waals surface area contributed by atoms with E-state index in [4.69, 9.17) is 19.9 Å². The number of rotatable bonds is 5. The van der Waals surface area contributed by atoms with Crippen LogP contribution < -0.4 is 25.4 Å². The fourth-order valence-electron chi connectivity index (χ4n) is 7.41. The molecule has 4 aliphatic rings. The largest absolute Gasteiger partial charge is 0.462 e. The van der Waals surface area contributed by atoms with E-state index in [2.05, 4.69) is 25.2 Å². The second-order valence-corrected chi connectivity index (χ2v) is 12.8. The minimum absolute atomic E-state index is 0.00939. The summed E-state index contributed by atoms with van der Waals surface area (Å²) >= 11 is 0. The predicted octanol–water partition coefficient (Wildman–Crippen LogP) is 5.00. The molecule has 0 radical (unpaired) electrons. The smallest absolute Gasteiger partial charge is 0.427 e. The first-order valence-corrected chi connectivity index (χ1v) is 15.9. The van der Waals surface area contributed by atoms with Crippen LogP contribution in [0.2, 0.25) is 0 Å². The van der Waals surface area contributed by atoms with Gasteiger partial charge in [-0.25, -0.2) is 13.8 Å². The summed E-state index contributed by atoms with van der Waals surface area (Å²) in [5, 5.41) is 2.71. The van der Waals surface area contributed by atoms with Crippen LogP contribution in [0, 0.1) is 18.6 Å². The number of halogens is 8. The van der Waals surface area contributed by atoms with Crippen molar-refractivity contribution in [3.63, 3.8) is 0 Å². The van der Waals surface area contributed by atoms with E-state index in [1.165, 1.54) is 4.90 Å². The van der Waals surface area contributed by atoms with Gasteiger partial charge in [-0.15, -0.1) is 0 Å². The number of alkyl halides is 6. The van der Waals surface area contributed by atoms with Crippen LogP contribution >= 0.6 is 0 Å². The first-order chi connectivity index (χ1) is 23.2. The Morgan fingerprint density at radius 2 is 1.86 bits per heavy atom. The number of hydrogen-bond donors (Lipinski definition) is 2. The number of piperazine rings is 1. The Kier molecular flexibility index (Phi) is 8.41. The van der Waals surface area contributed by atoms with Crippen molar-refractivity contribution in [2.75, 3.05) is 50.1 Å². The van der Waals surface area contributed by atoms with E-state index in [1.54, 1.807) is 0 Å². The zero-order valence-corrected chi connectivity index (χ0v) is 26.4. The SMILES string of the molecule is CC[C@@H]1CN2c3nc(OC[C@@H]4CC[C@H]5COCCN54)nc4c(F)c(-c5cc(N)c(F)c(C)c5C(F)(F)F)nc(c34)OC(C(F)(F)F)[C@@H]2CN1. The van der Waals surface area contributed by atoms with Gasteiger partial charge in [-0.3, -0.25) is 4.90 Å². The van der Waals surface area contributed by atoms with Gasteiger partial charge in [0.1, 0.15) is 34.8 Å². The number of morpholine rings is 1. The standard InChI is InChI=1S/C31H33F8N7O3/c1-3-14-10-46-19(9-41-14)26(31(37,38)39)49-28-20-25(23(33)24(42-28)17-8-18(40)22(32)13(2)21(17)30(34,35)36)43-29(44-27(20)46)48-12-16-5-4-15-11-47-7-6-45(15)16/h8,14-16,19,26,41H,3-7,9-12,40H2,1-2H3/t14-,15+,16+,19+,26?/m1/s1. The maximum absolute atomic E-state index is 16.7. The summed E-state index contributed by atoms with van der Waals surface area (Å²) in [6.45, 7) is 4.27. The topological polar surface area (TPSA) is 111 Å². The fourth-order valence-corrected chi connectivity index (χ4v) is 7.41. The van der Waals surface area contributed by atoms with E-state index < -0.39 is 75.6 Å². The molecule has 0 saturated carbocycles. The maximum Gasteiger partial charge on any atom is 0.427 e. The molecule has 18 heteroatoms. The lowest BCUT2D eigenvalue weighted by Crippen LogP contribution is -2.64. The van der Waals surface area contributed by atoms with Gasteiger partial charge in [0.15, 0.2) is 5.82 Å². The van der Waals surface area contributed by atoms with Gasteiger partial charge in [-0.2, -0.15) is 36.3 Å². The molecule has 266 valence electrons. The molecule has 4 aliphatic heterocycles. The molecule has 0 amide bonds. The molecule has 2 aromatic heterocycles. The van der Waals surface area contributed by atoms with Crippen molar-refractivity contribution in [1.82, 2.24) is 25.2 Å². The van der Waals surface area contributed by atoms with Crippen molar-refractivity contribution in [3.05, 3.63) is 28.8 Å². The lowest BCUT2D eigenvalue weighted by atomic mass is 9.96. The van der Waals surface area contributed by atoms with E-state index in [9.17, 15) is 30.7 Å². The van der Waals surface area contributed by atoms with E-state index in [1.807, 2.05) is 6.92 Å². The van der Waals surface area contributed by atoms with Gasteiger partial charge in [0.25, 0.3) is 0 Å². The average molecular weight is 704 g/mol. The molecule has 1 unspecified atom stereocenters. The number of fused-ring (bicyclic) bond motifs is 3. The normalized spacial score (nSPS) is 25.9. The first kappa shape index (κ1) is 33.7. The predicted molar refractivity (Wildman–Crippen MR) is 160 cm³/mol. The number of nitrogens with one attached hydrogen (secondary N) is 1. The maximum atomic E-state index is 16.7. The molecule has 0 bridgehead atoms. The van der Waals surface area contributed by atoms with E-state index in [0.717, 1.165) is 19.8 Å². The number of anilines is 2. The Bertz CT molecular complexity index is 1770. The number of ether oxygens (including phenoxy) is 3. The summed E-state index contributed by atoms with van der Waals surface area (Å²) in [4.78, 5) is 16.2. The monoisotopic (exact) mass is 703 g/mol. The third-order valence-electron chi connectivity index (χ3n) is 9.87. The molecule has 3 N–H and O–H groups in total. The first-order valence-electron chi connectivity index (χ1n) is 15.9. The Labute approximate surface area is 274 Å². The summed E-state index contributed by atoms with van der Waals surface area (Å²) in [7, 11) is 0. The Morgan fingerprint density at radius 3 is 2.57 bits per heavy atom. The van der Waals surface area contributed by atoms with Gasteiger partial charge >= 0.3 is 18.4 Å². The van der Waals surface area contributed by atoms with Gasteiger partial charge in [-0.05, 0) is 37.8 Å². The molecule has 3 saturated heterocycles. The number of nitrogens with two attached hydrogens (primary N) is 1. The van der Waals surface area contributed by atoms with Gasteiger partial charge in [0, 0.05) is 43.3 Å². The van der Waals surface area contributed by atoms with Gasteiger partial charge < -0.3 is 30.2 Å². The van der Waals surface area contributed by atoms with Crippen LogP contribution in [-0.2, 0) is 10.9 Å². The highest BCUT2D eigenvalue weighted by molar-refractivity contribution is 5.97. The lowest BCUT2D eigenvalue weighted by molar-refractivity contribution is -0.201.